The van der Waals surface area contributed by atoms with Gasteiger partial charge in [0.2, 0.25) is 11.1 Å². The van der Waals surface area contributed by atoms with Crippen LogP contribution in [0.15, 0.2) is 60.3 Å². The van der Waals surface area contributed by atoms with E-state index in [0.717, 1.165) is 10.6 Å². The maximum Gasteiger partial charge on any atom is 0.233 e. The van der Waals surface area contributed by atoms with Gasteiger partial charge in [-0.3, -0.25) is 4.79 Å². The third-order valence-electron chi connectivity index (χ3n) is 3.44. The molecule has 134 valence electrons. The van der Waals surface area contributed by atoms with Crippen LogP contribution >= 0.6 is 34.7 Å². The monoisotopic (exact) mass is 405 g/mol. The zero-order valence-electron chi connectivity index (χ0n) is 13.8. The van der Waals surface area contributed by atoms with Crippen LogP contribution < -0.4 is 0 Å². The number of thiophene rings is 1. The van der Waals surface area contributed by atoms with Crippen molar-refractivity contribution in [3.8, 4) is 5.69 Å². The van der Waals surface area contributed by atoms with Crippen LogP contribution in [0.5, 0.6) is 0 Å². The molecule has 0 saturated carbocycles. The zero-order chi connectivity index (χ0) is 18.4. The number of halogens is 1. The first-order valence-electron chi connectivity index (χ1n) is 7.77. The predicted octanol–water partition coefficient (Wildman–Crippen LogP) is 3.68. The van der Waals surface area contributed by atoms with E-state index in [1.165, 1.54) is 23.1 Å². The van der Waals surface area contributed by atoms with Crippen LogP contribution in [-0.2, 0) is 11.3 Å². The number of rotatable bonds is 8. The highest BCUT2D eigenvalue weighted by Gasteiger charge is 2.17. The quantitative estimate of drug-likeness (QED) is 0.422. The summed E-state index contributed by atoms with van der Waals surface area (Å²) in [6.45, 7) is 4.71. The van der Waals surface area contributed by atoms with Gasteiger partial charge in [-0.05, 0) is 34.7 Å². The van der Waals surface area contributed by atoms with Gasteiger partial charge in [0.25, 0.3) is 0 Å². The Labute approximate surface area is 164 Å². The van der Waals surface area contributed by atoms with Gasteiger partial charge >= 0.3 is 0 Å². The molecule has 0 aliphatic rings. The SMILES string of the molecule is C=CCN(Cc1ccc(Cl)s1)C(=O)CSc1nnnn1-c1ccccc1. The van der Waals surface area contributed by atoms with Gasteiger partial charge in [-0.25, -0.2) is 0 Å². The largest absolute Gasteiger partial charge is 0.333 e. The Bertz CT molecular complexity index is 880. The molecule has 1 aromatic carbocycles. The van der Waals surface area contributed by atoms with E-state index in [1.807, 2.05) is 42.5 Å². The Morgan fingerprint density at radius 2 is 2.12 bits per heavy atom. The van der Waals surface area contributed by atoms with Crippen LogP contribution in [0.4, 0.5) is 0 Å². The van der Waals surface area contributed by atoms with E-state index in [0.29, 0.717) is 22.6 Å². The van der Waals surface area contributed by atoms with E-state index in [2.05, 4.69) is 22.1 Å². The summed E-state index contributed by atoms with van der Waals surface area (Å²) in [4.78, 5) is 15.4. The van der Waals surface area contributed by atoms with E-state index in [1.54, 1.807) is 15.7 Å². The molecule has 0 atom stereocenters. The van der Waals surface area contributed by atoms with Crippen molar-refractivity contribution >= 4 is 40.6 Å². The summed E-state index contributed by atoms with van der Waals surface area (Å²) in [5, 5.41) is 12.3. The number of hydrogen-bond acceptors (Lipinski definition) is 6. The van der Waals surface area contributed by atoms with E-state index >= 15 is 0 Å². The third kappa shape index (κ3) is 4.72. The molecular formula is C17H16ClN5OS2. The van der Waals surface area contributed by atoms with Gasteiger partial charge in [0.1, 0.15) is 0 Å². The highest BCUT2D eigenvalue weighted by Crippen LogP contribution is 2.24. The number of carbonyl (C=O) groups excluding carboxylic acids is 1. The molecule has 0 aliphatic heterocycles. The van der Waals surface area contributed by atoms with E-state index in [4.69, 9.17) is 11.6 Å². The second-order valence-corrected chi connectivity index (χ2v) is 8.01. The number of para-hydroxylation sites is 1. The molecule has 0 saturated heterocycles. The molecule has 3 rings (SSSR count). The minimum atomic E-state index is -0.0120. The molecule has 1 amide bonds. The molecule has 0 bridgehead atoms. The highest BCUT2D eigenvalue weighted by atomic mass is 35.5. The Kier molecular flexibility index (Phi) is 6.43. The number of amides is 1. The van der Waals surface area contributed by atoms with Crippen molar-refractivity contribution in [2.45, 2.75) is 11.7 Å². The van der Waals surface area contributed by atoms with Crippen molar-refractivity contribution in [2.24, 2.45) is 0 Å². The number of nitrogens with zero attached hydrogens (tertiary/aromatic N) is 5. The average Bonchev–Trinajstić information content (AvgIpc) is 3.29. The van der Waals surface area contributed by atoms with Gasteiger partial charge in [-0.15, -0.1) is 23.0 Å². The second-order valence-electron chi connectivity index (χ2n) is 5.27. The summed E-state index contributed by atoms with van der Waals surface area (Å²) >= 11 is 8.74. The van der Waals surface area contributed by atoms with Gasteiger partial charge in [0.05, 0.1) is 22.3 Å². The van der Waals surface area contributed by atoms with Crippen LogP contribution in [0.2, 0.25) is 4.34 Å². The molecule has 26 heavy (non-hydrogen) atoms. The average molecular weight is 406 g/mol. The first-order valence-corrected chi connectivity index (χ1v) is 9.95. The molecule has 3 aromatic rings. The molecule has 0 unspecified atom stereocenters. The molecule has 0 spiro atoms. The summed E-state index contributed by atoms with van der Waals surface area (Å²) in [5.41, 5.74) is 0.851. The number of aromatic nitrogens is 4. The summed E-state index contributed by atoms with van der Waals surface area (Å²) in [7, 11) is 0. The molecule has 0 fully saturated rings. The smallest absolute Gasteiger partial charge is 0.233 e. The van der Waals surface area contributed by atoms with Crippen molar-refractivity contribution in [1.82, 2.24) is 25.1 Å². The minimum Gasteiger partial charge on any atom is -0.333 e. The second kappa shape index (κ2) is 8.98. The van der Waals surface area contributed by atoms with Gasteiger partial charge in [0, 0.05) is 11.4 Å². The van der Waals surface area contributed by atoms with Crippen molar-refractivity contribution in [3.63, 3.8) is 0 Å². The van der Waals surface area contributed by atoms with Crippen molar-refractivity contribution < 1.29 is 4.79 Å². The van der Waals surface area contributed by atoms with Crippen LogP contribution in [-0.4, -0.2) is 43.3 Å². The summed E-state index contributed by atoms with van der Waals surface area (Å²) in [6.07, 6.45) is 1.71. The number of thioether (sulfide) groups is 1. The minimum absolute atomic E-state index is 0.0120. The Morgan fingerprint density at radius 3 is 2.81 bits per heavy atom. The number of carbonyl (C=O) groups is 1. The van der Waals surface area contributed by atoms with Crippen LogP contribution in [0.25, 0.3) is 5.69 Å². The molecule has 6 nitrogen and oxygen atoms in total. The lowest BCUT2D eigenvalue weighted by Gasteiger charge is -2.20. The molecule has 2 aromatic heterocycles. The third-order valence-corrected chi connectivity index (χ3v) is 5.56. The first-order chi connectivity index (χ1) is 12.7. The van der Waals surface area contributed by atoms with Crippen molar-refractivity contribution in [2.75, 3.05) is 12.3 Å². The fourth-order valence-corrected chi connectivity index (χ4v) is 4.15. The zero-order valence-corrected chi connectivity index (χ0v) is 16.2. The van der Waals surface area contributed by atoms with Crippen molar-refractivity contribution in [3.05, 3.63) is 64.3 Å². The Balaban J connectivity index is 1.65. The summed E-state index contributed by atoms with van der Waals surface area (Å²) < 4.78 is 2.33. The van der Waals surface area contributed by atoms with Crippen LogP contribution in [0.3, 0.4) is 0 Å². The van der Waals surface area contributed by atoms with E-state index in [9.17, 15) is 4.79 Å². The number of tetrazole rings is 1. The van der Waals surface area contributed by atoms with E-state index in [-0.39, 0.29) is 11.7 Å². The molecular weight excluding hydrogens is 390 g/mol. The number of hydrogen-bond donors (Lipinski definition) is 0. The van der Waals surface area contributed by atoms with Gasteiger partial charge < -0.3 is 4.90 Å². The van der Waals surface area contributed by atoms with Crippen LogP contribution in [0, 0.1) is 0 Å². The highest BCUT2D eigenvalue weighted by molar-refractivity contribution is 7.99. The maximum atomic E-state index is 12.6. The molecule has 0 aliphatic carbocycles. The summed E-state index contributed by atoms with van der Waals surface area (Å²) in [6, 6.07) is 13.3. The fourth-order valence-electron chi connectivity index (χ4n) is 2.25. The summed E-state index contributed by atoms with van der Waals surface area (Å²) in [5.74, 6) is 0.224. The lowest BCUT2D eigenvalue weighted by molar-refractivity contribution is -0.128. The van der Waals surface area contributed by atoms with Gasteiger partial charge in [-0.1, -0.05) is 47.6 Å². The lowest BCUT2D eigenvalue weighted by Crippen LogP contribution is -2.31. The molecule has 2 heterocycles. The Morgan fingerprint density at radius 1 is 1.31 bits per heavy atom. The van der Waals surface area contributed by atoms with Gasteiger partial charge in [0.15, 0.2) is 0 Å². The molecule has 0 radical (unpaired) electrons. The molecule has 9 heteroatoms. The Hall–Kier alpha value is -2.16. The lowest BCUT2D eigenvalue weighted by atomic mass is 10.3. The van der Waals surface area contributed by atoms with E-state index < -0.39 is 0 Å². The normalized spacial score (nSPS) is 10.7. The van der Waals surface area contributed by atoms with Crippen molar-refractivity contribution in [1.29, 1.82) is 0 Å². The first kappa shape index (κ1) is 18.6. The molecule has 0 N–H and O–H groups in total. The van der Waals surface area contributed by atoms with Crippen LogP contribution in [0.1, 0.15) is 4.88 Å². The maximum absolute atomic E-state index is 12.6. The van der Waals surface area contributed by atoms with Gasteiger partial charge in [-0.2, -0.15) is 4.68 Å². The topological polar surface area (TPSA) is 63.9 Å². The fraction of sp³-hybridized carbons (Fsp3) is 0.176. The standard InChI is InChI=1S/C17H16ClN5OS2/c1-2-10-22(11-14-8-9-15(18)26-14)16(24)12-25-17-19-20-21-23(17)13-6-4-3-5-7-13/h2-9H,1,10-12H2. The predicted molar refractivity (Wildman–Crippen MR) is 105 cm³/mol. The number of benzene rings is 1.